The van der Waals surface area contributed by atoms with Crippen molar-refractivity contribution in [3.8, 4) is 0 Å². The van der Waals surface area contributed by atoms with Gasteiger partial charge in [-0.15, -0.1) is 0 Å². The van der Waals surface area contributed by atoms with E-state index in [-0.39, 0.29) is 35.2 Å². The summed E-state index contributed by atoms with van der Waals surface area (Å²) in [7, 11) is 0. The number of esters is 1. The van der Waals surface area contributed by atoms with Crippen molar-refractivity contribution in [1.29, 1.82) is 0 Å². The number of carbonyl (C=O) groups excluding carboxylic acids is 4. The second-order valence-electron chi connectivity index (χ2n) is 7.06. The van der Waals surface area contributed by atoms with Gasteiger partial charge < -0.3 is 19.3 Å². The highest BCUT2D eigenvalue weighted by Gasteiger charge is 2.38. The SMILES string of the molecule is Cc1cc(NC(=O)COC(=O)c2ccc3c(c2)C(=O)N(CC2CCCO2)C3=O)no1. The number of aryl methyl sites for hydroxylation is 1. The third-order valence-electron chi connectivity index (χ3n) is 4.85. The quantitative estimate of drug-likeness (QED) is 0.558. The molecule has 2 aliphatic heterocycles. The van der Waals surface area contributed by atoms with Crippen LogP contribution in [0.5, 0.6) is 0 Å². The summed E-state index contributed by atoms with van der Waals surface area (Å²) < 4.78 is 15.3. The zero-order chi connectivity index (χ0) is 21.3. The lowest BCUT2D eigenvalue weighted by Crippen LogP contribution is -2.36. The van der Waals surface area contributed by atoms with Gasteiger partial charge in [-0.05, 0) is 38.0 Å². The number of rotatable bonds is 6. The van der Waals surface area contributed by atoms with Gasteiger partial charge in [0.15, 0.2) is 12.4 Å². The molecule has 0 aliphatic carbocycles. The molecule has 0 spiro atoms. The van der Waals surface area contributed by atoms with Crippen LogP contribution in [0.1, 0.15) is 49.7 Å². The average Bonchev–Trinajstić information content (AvgIpc) is 3.44. The minimum Gasteiger partial charge on any atom is -0.452 e. The lowest BCUT2D eigenvalue weighted by Gasteiger charge is -2.17. The molecule has 10 heteroatoms. The van der Waals surface area contributed by atoms with E-state index in [0.29, 0.717) is 12.4 Å². The summed E-state index contributed by atoms with van der Waals surface area (Å²) >= 11 is 0. The van der Waals surface area contributed by atoms with Crippen molar-refractivity contribution in [2.24, 2.45) is 0 Å². The van der Waals surface area contributed by atoms with Crippen LogP contribution in [-0.4, -0.2) is 59.6 Å². The fourth-order valence-corrected chi connectivity index (χ4v) is 3.39. The molecule has 1 aromatic carbocycles. The maximum atomic E-state index is 12.7. The number of hydrogen-bond acceptors (Lipinski definition) is 8. The molecule has 3 amide bonds. The van der Waals surface area contributed by atoms with Crippen LogP contribution in [0.4, 0.5) is 5.82 Å². The summed E-state index contributed by atoms with van der Waals surface area (Å²) in [6, 6.07) is 5.64. The van der Waals surface area contributed by atoms with Gasteiger partial charge in [-0.3, -0.25) is 19.3 Å². The Morgan fingerprint density at radius 2 is 2.03 bits per heavy atom. The first-order valence-electron chi connectivity index (χ1n) is 9.44. The molecule has 1 atom stereocenters. The van der Waals surface area contributed by atoms with Crippen molar-refractivity contribution in [3.63, 3.8) is 0 Å². The second-order valence-corrected chi connectivity index (χ2v) is 7.06. The number of nitrogens with zero attached hydrogens (tertiary/aromatic N) is 2. The highest BCUT2D eigenvalue weighted by molar-refractivity contribution is 6.22. The normalized spacial score (nSPS) is 17.9. The highest BCUT2D eigenvalue weighted by Crippen LogP contribution is 2.26. The number of hydrogen-bond donors (Lipinski definition) is 1. The monoisotopic (exact) mass is 413 g/mol. The van der Waals surface area contributed by atoms with Gasteiger partial charge >= 0.3 is 5.97 Å². The van der Waals surface area contributed by atoms with Crippen molar-refractivity contribution in [2.75, 3.05) is 25.1 Å². The van der Waals surface area contributed by atoms with Gasteiger partial charge in [-0.2, -0.15) is 0 Å². The predicted octanol–water partition coefficient (Wildman–Crippen LogP) is 1.55. The van der Waals surface area contributed by atoms with E-state index in [4.69, 9.17) is 14.0 Å². The van der Waals surface area contributed by atoms with E-state index in [2.05, 4.69) is 10.5 Å². The van der Waals surface area contributed by atoms with Crippen molar-refractivity contribution >= 4 is 29.5 Å². The predicted molar refractivity (Wildman–Crippen MR) is 101 cm³/mol. The number of ether oxygens (including phenoxy) is 2. The van der Waals surface area contributed by atoms with E-state index in [1.54, 1.807) is 6.92 Å². The maximum absolute atomic E-state index is 12.7. The molecule has 2 aliphatic rings. The van der Waals surface area contributed by atoms with Gasteiger partial charge in [-0.1, -0.05) is 5.16 Å². The molecular formula is C20H19N3O7. The van der Waals surface area contributed by atoms with E-state index >= 15 is 0 Å². The van der Waals surface area contributed by atoms with E-state index in [1.807, 2.05) is 0 Å². The van der Waals surface area contributed by atoms with Crippen molar-refractivity contribution in [1.82, 2.24) is 10.1 Å². The molecule has 1 fully saturated rings. The summed E-state index contributed by atoms with van der Waals surface area (Å²) in [5, 5.41) is 6.03. The minimum atomic E-state index is -0.790. The van der Waals surface area contributed by atoms with Gasteiger partial charge in [0.1, 0.15) is 5.76 Å². The van der Waals surface area contributed by atoms with Gasteiger partial charge in [0.05, 0.1) is 29.3 Å². The van der Waals surface area contributed by atoms with Crippen LogP contribution >= 0.6 is 0 Å². The average molecular weight is 413 g/mol. The van der Waals surface area contributed by atoms with Crippen LogP contribution in [0, 0.1) is 6.92 Å². The first kappa shape index (κ1) is 19.8. The Bertz CT molecular complexity index is 1020. The molecule has 10 nitrogen and oxygen atoms in total. The largest absolute Gasteiger partial charge is 0.452 e. The van der Waals surface area contributed by atoms with Gasteiger partial charge in [-0.25, -0.2) is 4.79 Å². The summed E-state index contributed by atoms with van der Waals surface area (Å²) in [6.45, 7) is 1.94. The van der Waals surface area contributed by atoms with Crippen LogP contribution in [-0.2, 0) is 14.3 Å². The zero-order valence-electron chi connectivity index (χ0n) is 16.2. The fraction of sp³-hybridized carbons (Fsp3) is 0.350. The summed E-state index contributed by atoms with van der Waals surface area (Å²) in [5.74, 6) is -1.53. The molecule has 4 rings (SSSR count). The number of carbonyl (C=O) groups is 4. The maximum Gasteiger partial charge on any atom is 0.338 e. The number of anilines is 1. The number of amides is 3. The topological polar surface area (TPSA) is 128 Å². The lowest BCUT2D eigenvalue weighted by atomic mass is 10.1. The number of nitrogens with one attached hydrogen (secondary N) is 1. The van der Waals surface area contributed by atoms with Crippen molar-refractivity contribution in [3.05, 3.63) is 46.7 Å². The first-order chi connectivity index (χ1) is 14.4. The summed E-state index contributed by atoms with van der Waals surface area (Å²) in [5.41, 5.74) is 0.433. The van der Waals surface area contributed by atoms with E-state index < -0.39 is 30.3 Å². The van der Waals surface area contributed by atoms with E-state index in [9.17, 15) is 19.2 Å². The molecule has 0 bridgehead atoms. The van der Waals surface area contributed by atoms with Crippen LogP contribution in [0.3, 0.4) is 0 Å². The zero-order valence-corrected chi connectivity index (χ0v) is 16.2. The standard InChI is InChI=1S/C20H19N3O7/c1-11-7-16(22-30-11)21-17(24)10-29-20(27)12-4-5-14-15(8-12)19(26)23(18(14)25)9-13-3-2-6-28-13/h4-5,7-8,13H,2-3,6,9-10H2,1H3,(H,21,22,24). The summed E-state index contributed by atoms with van der Waals surface area (Å²) in [6.07, 6.45) is 1.53. The van der Waals surface area contributed by atoms with Gasteiger partial charge in [0, 0.05) is 12.7 Å². The fourth-order valence-electron chi connectivity index (χ4n) is 3.39. The van der Waals surface area contributed by atoms with Crippen molar-refractivity contribution in [2.45, 2.75) is 25.9 Å². The minimum absolute atomic E-state index is 0.0685. The molecule has 1 unspecified atom stereocenters. The Balaban J connectivity index is 1.38. The molecule has 30 heavy (non-hydrogen) atoms. The molecule has 1 aromatic heterocycles. The Hall–Kier alpha value is -3.53. The Labute approximate surface area is 171 Å². The van der Waals surface area contributed by atoms with Crippen LogP contribution in [0.15, 0.2) is 28.8 Å². The van der Waals surface area contributed by atoms with Crippen LogP contribution in [0.25, 0.3) is 0 Å². The van der Waals surface area contributed by atoms with Crippen LogP contribution < -0.4 is 5.32 Å². The van der Waals surface area contributed by atoms with Gasteiger partial charge in [0.2, 0.25) is 0 Å². The smallest absolute Gasteiger partial charge is 0.338 e. The van der Waals surface area contributed by atoms with Crippen LogP contribution in [0.2, 0.25) is 0 Å². The van der Waals surface area contributed by atoms with Gasteiger partial charge in [0.25, 0.3) is 17.7 Å². The number of fused-ring (bicyclic) bond motifs is 1. The van der Waals surface area contributed by atoms with E-state index in [0.717, 1.165) is 17.7 Å². The molecule has 1 N–H and O–H groups in total. The van der Waals surface area contributed by atoms with E-state index in [1.165, 1.54) is 24.3 Å². The molecule has 0 saturated carbocycles. The molecule has 2 aromatic rings. The number of benzene rings is 1. The second kappa shape index (κ2) is 8.07. The molecule has 0 radical (unpaired) electrons. The number of imide groups is 1. The summed E-state index contributed by atoms with van der Waals surface area (Å²) in [4.78, 5) is 50.5. The Kier molecular flexibility index (Phi) is 5.32. The van der Waals surface area contributed by atoms with Crippen molar-refractivity contribution < 1.29 is 33.2 Å². The third-order valence-corrected chi connectivity index (χ3v) is 4.85. The molecular weight excluding hydrogens is 394 g/mol. The highest BCUT2D eigenvalue weighted by atomic mass is 16.5. The first-order valence-corrected chi connectivity index (χ1v) is 9.44. The third kappa shape index (κ3) is 3.94. The Morgan fingerprint density at radius 1 is 1.23 bits per heavy atom. The number of aromatic nitrogens is 1. The molecule has 156 valence electrons. The Morgan fingerprint density at radius 3 is 2.73 bits per heavy atom. The lowest BCUT2D eigenvalue weighted by molar-refractivity contribution is -0.119. The molecule has 3 heterocycles. The molecule has 1 saturated heterocycles.